The molecule has 1 N–H and O–H groups in total. The zero-order chi connectivity index (χ0) is 18.5. The van der Waals surface area contributed by atoms with Gasteiger partial charge in [-0.1, -0.05) is 18.2 Å². The van der Waals surface area contributed by atoms with E-state index >= 15 is 0 Å². The Kier molecular flexibility index (Phi) is 5.58. The van der Waals surface area contributed by atoms with Gasteiger partial charge in [0, 0.05) is 29.9 Å². The highest BCUT2D eigenvalue weighted by Gasteiger charge is 2.09. The van der Waals surface area contributed by atoms with Crippen molar-refractivity contribution in [3.05, 3.63) is 64.7 Å². The second-order valence-corrected chi connectivity index (χ2v) is 6.04. The highest BCUT2D eigenvalue weighted by molar-refractivity contribution is 7.71. The van der Waals surface area contributed by atoms with Crippen molar-refractivity contribution in [3.8, 4) is 11.4 Å². The molecule has 0 bridgehead atoms. The highest BCUT2D eigenvalue weighted by Crippen LogP contribution is 2.22. The predicted molar refractivity (Wildman–Crippen MR) is 106 cm³/mol. The standard InChI is InChI=1S/C19H20FN5S/c1-3-24(4-2)16-11-9-14(10-12-16)18-22-23-19(26)25(18)21-13-15-7-5-6-8-17(15)20/h5-13H,3-4H2,1-2H3,(H,23,26). The summed E-state index contributed by atoms with van der Waals surface area (Å²) in [6, 6.07) is 14.5. The molecule has 2 aromatic carbocycles. The molecular weight excluding hydrogens is 349 g/mol. The fourth-order valence-corrected chi connectivity index (χ4v) is 2.87. The second kappa shape index (κ2) is 8.05. The van der Waals surface area contributed by atoms with Gasteiger partial charge in [0.2, 0.25) is 4.77 Å². The molecule has 7 heteroatoms. The first-order valence-corrected chi connectivity index (χ1v) is 8.86. The Labute approximate surface area is 156 Å². The van der Waals surface area contributed by atoms with Gasteiger partial charge in [-0.25, -0.2) is 9.49 Å². The molecule has 0 unspecified atom stereocenters. The maximum absolute atomic E-state index is 13.8. The monoisotopic (exact) mass is 369 g/mol. The number of rotatable bonds is 6. The molecule has 0 fully saturated rings. The lowest BCUT2D eigenvalue weighted by Crippen LogP contribution is -2.21. The Morgan fingerprint density at radius 1 is 1.15 bits per heavy atom. The largest absolute Gasteiger partial charge is 0.372 e. The second-order valence-electron chi connectivity index (χ2n) is 5.65. The van der Waals surface area contributed by atoms with E-state index in [1.165, 1.54) is 17.0 Å². The molecule has 0 aliphatic carbocycles. The number of hydrogen-bond donors (Lipinski definition) is 1. The van der Waals surface area contributed by atoms with Gasteiger partial charge >= 0.3 is 0 Å². The molecule has 0 atom stereocenters. The number of nitrogens with one attached hydrogen (secondary N) is 1. The number of anilines is 1. The van der Waals surface area contributed by atoms with E-state index in [4.69, 9.17) is 12.2 Å². The van der Waals surface area contributed by atoms with Crippen LogP contribution >= 0.6 is 12.2 Å². The summed E-state index contributed by atoms with van der Waals surface area (Å²) in [7, 11) is 0. The molecular formula is C19H20FN5S. The molecule has 1 aromatic heterocycles. The minimum Gasteiger partial charge on any atom is -0.372 e. The van der Waals surface area contributed by atoms with Gasteiger partial charge in [-0.05, 0) is 56.4 Å². The topological polar surface area (TPSA) is 49.2 Å². The van der Waals surface area contributed by atoms with Crippen molar-refractivity contribution >= 4 is 24.1 Å². The molecule has 0 radical (unpaired) electrons. The van der Waals surface area contributed by atoms with E-state index in [9.17, 15) is 4.39 Å². The van der Waals surface area contributed by atoms with Gasteiger partial charge in [0.1, 0.15) is 5.82 Å². The Morgan fingerprint density at radius 2 is 1.85 bits per heavy atom. The summed E-state index contributed by atoms with van der Waals surface area (Å²) >= 11 is 5.26. The van der Waals surface area contributed by atoms with Crippen LogP contribution in [0.1, 0.15) is 19.4 Å². The van der Waals surface area contributed by atoms with Crippen LogP contribution in [0.2, 0.25) is 0 Å². The highest BCUT2D eigenvalue weighted by atomic mass is 32.1. The van der Waals surface area contributed by atoms with Crippen LogP contribution in [0.4, 0.5) is 10.1 Å². The summed E-state index contributed by atoms with van der Waals surface area (Å²) in [5, 5.41) is 11.3. The quantitative estimate of drug-likeness (QED) is 0.515. The molecule has 0 amide bonds. The molecule has 3 aromatic rings. The summed E-state index contributed by atoms with van der Waals surface area (Å²) in [4.78, 5) is 2.26. The molecule has 5 nitrogen and oxygen atoms in total. The van der Waals surface area contributed by atoms with Gasteiger partial charge in [-0.15, -0.1) is 0 Å². The van der Waals surface area contributed by atoms with Crippen LogP contribution in [-0.2, 0) is 0 Å². The summed E-state index contributed by atoms with van der Waals surface area (Å²) in [6.07, 6.45) is 1.44. The van der Waals surface area contributed by atoms with E-state index in [0.29, 0.717) is 16.2 Å². The Bertz CT molecular complexity index is 955. The van der Waals surface area contributed by atoms with Crippen LogP contribution in [0.25, 0.3) is 11.4 Å². The smallest absolute Gasteiger partial charge is 0.216 e. The first kappa shape index (κ1) is 18.0. The van der Waals surface area contributed by atoms with Crippen LogP contribution in [0.5, 0.6) is 0 Å². The number of halogens is 1. The Hall–Kier alpha value is -2.80. The summed E-state index contributed by atoms with van der Waals surface area (Å²) in [5.74, 6) is 0.241. The van der Waals surface area contributed by atoms with Crippen molar-refractivity contribution in [1.29, 1.82) is 0 Å². The fraction of sp³-hybridized carbons (Fsp3) is 0.211. The van der Waals surface area contributed by atoms with Gasteiger partial charge in [-0.2, -0.15) is 14.9 Å². The lowest BCUT2D eigenvalue weighted by Gasteiger charge is -2.20. The number of benzene rings is 2. The lowest BCUT2D eigenvalue weighted by molar-refractivity contribution is 0.625. The first-order valence-electron chi connectivity index (χ1n) is 8.45. The zero-order valence-corrected chi connectivity index (χ0v) is 15.5. The third-order valence-electron chi connectivity index (χ3n) is 4.12. The fourth-order valence-electron chi connectivity index (χ4n) is 2.70. The van der Waals surface area contributed by atoms with Crippen LogP contribution in [0, 0.1) is 10.6 Å². The summed E-state index contributed by atoms with van der Waals surface area (Å²) in [5.41, 5.74) is 2.41. The molecule has 0 aliphatic heterocycles. The van der Waals surface area contributed by atoms with Crippen LogP contribution < -0.4 is 4.90 Å². The maximum atomic E-state index is 13.8. The minimum atomic E-state index is -0.337. The van der Waals surface area contributed by atoms with Crippen molar-refractivity contribution in [2.45, 2.75) is 13.8 Å². The van der Waals surface area contributed by atoms with Crippen molar-refractivity contribution in [2.24, 2.45) is 5.10 Å². The molecule has 0 saturated carbocycles. The predicted octanol–water partition coefficient (Wildman–Crippen LogP) is 4.48. The van der Waals surface area contributed by atoms with Crippen LogP contribution in [-0.4, -0.2) is 34.2 Å². The number of nitrogens with zero attached hydrogens (tertiary/aromatic N) is 4. The van der Waals surface area contributed by atoms with Crippen molar-refractivity contribution in [1.82, 2.24) is 14.9 Å². The third kappa shape index (κ3) is 3.72. The van der Waals surface area contributed by atoms with Crippen molar-refractivity contribution in [3.63, 3.8) is 0 Å². The molecule has 0 spiro atoms. The lowest BCUT2D eigenvalue weighted by atomic mass is 10.2. The van der Waals surface area contributed by atoms with Gasteiger partial charge in [0.25, 0.3) is 0 Å². The van der Waals surface area contributed by atoms with E-state index < -0.39 is 0 Å². The SMILES string of the molecule is CCN(CC)c1ccc(-c2n[nH]c(=S)n2N=Cc2ccccc2F)cc1. The average Bonchev–Trinajstić information content (AvgIpc) is 3.03. The van der Waals surface area contributed by atoms with E-state index in [1.54, 1.807) is 18.2 Å². The minimum absolute atomic E-state index is 0.337. The molecule has 0 saturated heterocycles. The van der Waals surface area contributed by atoms with Gasteiger partial charge in [-0.3, -0.25) is 0 Å². The van der Waals surface area contributed by atoms with Crippen molar-refractivity contribution < 1.29 is 4.39 Å². The van der Waals surface area contributed by atoms with Gasteiger partial charge in [0.05, 0.1) is 6.21 Å². The average molecular weight is 369 g/mol. The zero-order valence-electron chi connectivity index (χ0n) is 14.7. The summed E-state index contributed by atoms with van der Waals surface area (Å²) < 4.78 is 15.6. The van der Waals surface area contributed by atoms with Crippen LogP contribution in [0.15, 0.2) is 53.6 Å². The van der Waals surface area contributed by atoms with E-state index in [0.717, 1.165) is 24.3 Å². The number of H-pyrrole nitrogens is 1. The normalized spacial score (nSPS) is 11.2. The molecule has 0 aliphatic rings. The van der Waals surface area contributed by atoms with Gasteiger partial charge in [0.15, 0.2) is 5.82 Å². The number of aromatic nitrogens is 3. The number of hydrogen-bond acceptors (Lipinski definition) is 4. The molecule has 1 heterocycles. The summed E-state index contributed by atoms with van der Waals surface area (Å²) in [6.45, 7) is 6.14. The van der Waals surface area contributed by atoms with Crippen LogP contribution in [0.3, 0.4) is 0 Å². The molecule has 134 valence electrons. The Morgan fingerprint density at radius 3 is 2.50 bits per heavy atom. The molecule has 3 rings (SSSR count). The third-order valence-corrected chi connectivity index (χ3v) is 4.39. The van der Waals surface area contributed by atoms with E-state index in [2.05, 4.69) is 34.0 Å². The van der Waals surface area contributed by atoms with Gasteiger partial charge < -0.3 is 4.90 Å². The maximum Gasteiger partial charge on any atom is 0.216 e. The van der Waals surface area contributed by atoms with E-state index in [1.807, 2.05) is 24.3 Å². The van der Waals surface area contributed by atoms with E-state index in [-0.39, 0.29) is 5.82 Å². The number of aromatic amines is 1. The Balaban J connectivity index is 1.93. The first-order chi connectivity index (χ1) is 12.6. The molecule has 26 heavy (non-hydrogen) atoms. The van der Waals surface area contributed by atoms with Crippen molar-refractivity contribution in [2.75, 3.05) is 18.0 Å².